The molecule has 0 saturated heterocycles. The molecule has 228 valence electrons. The van der Waals surface area contributed by atoms with Crippen LogP contribution in [0.2, 0.25) is 0 Å². The van der Waals surface area contributed by atoms with Crippen LogP contribution in [0, 0.1) is 0 Å². The number of ether oxygens (including phenoxy) is 5. The van der Waals surface area contributed by atoms with E-state index in [-0.39, 0.29) is 0 Å². The average molecular weight is 593 g/mol. The summed E-state index contributed by atoms with van der Waals surface area (Å²) in [4.78, 5) is 0. The molecule has 6 atom stereocenters. The first-order valence-electron chi connectivity index (χ1n) is 15.3. The molecule has 4 aromatic carbocycles. The lowest BCUT2D eigenvalue weighted by molar-refractivity contribution is -0.311. The molecule has 1 saturated carbocycles. The van der Waals surface area contributed by atoms with E-state index in [1.54, 1.807) is 0 Å². The molecule has 4 aromatic rings. The molecule has 1 aliphatic heterocycles. The second-order valence-electron chi connectivity index (χ2n) is 11.4. The van der Waals surface area contributed by atoms with Gasteiger partial charge in [0, 0.05) is 0 Å². The fraction of sp³-hybridized carbons (Fsp3) is 0.316. The Labute approximate surface area is 259 Å². The monoisotopic (exact) mass is 592 g/mol. The van der Waals surface area contributed by atoms with Crippen LogP contribution in [-0.2, 0) is 50.1 Å². The Morgan fingerprint density at radius 3 is 1.41 bits per heavy atom. The third-order valence-electron chi connectivity index (χ3n) is 8.34. The van der Waals surface area contributed by atoms with E-state index in [0.29, 0.717) is 39.5 Å². The van der Waals surface area contributed by atoms with E-state index in [4.69, 9.17) is 23.7 Å². The number of hydrogen-bond acceptors (Lipinski definition) is 6. The van der Waals surface area contributed by atoms with Crippen LogP contribution < -0.4 is 0 Å². The summed E-state index contributed by atoms with van der Waals surface area (Å²) in [7, 11) is 0. The third kappa shape index (κ3) is 7.36. The van der Waals surface area contributed by atoms with Gasteiger partial charge in [-0.1, -0.05) is 133 Å². The van der Waals surface area contributed by atoms with E-state index in [0.717, 1.165) is 22.3 Å². The summed E-state index contributed by atoms with van der Waals surface area (Å²) in [6, 6.07) is 40.1. The molecule has 1 fully saturated rings. The molecule has 1 N–H and O–H groups in total. The molecular weight excluding hydrogens is 552 g/mol. The van der Waals surface area contributed by atoms with Gasteiger partial charge in [0.25, 0.3) is 0 Å². The van der Waals surface area contributed by atoms with Gasteiger partial charge in [-0.2, -0.15) is 0 Å². The highest BCUT2D eigenvalue weighted by molar-refractivity contribution is 5.20. The lowest BCUT2D eigenvalue weighted by Gasteiger charge is -2.53. The van der Waals surface area contributed by atoms with Crippen LogP contribution in [0.5, 0.6) is 0 Å². The number of rotatable bonds is 12. The zero-order chi connectivity index (χ0) is 30.0. The molecular formula is C38H40O6. The smallest absolute Gasteiger partial charge is 0.125 e. The molecule has 1 aliphatic carbocycles. The maximum atomic E-state index is 12.6. The van der Waals surface area contributed by atoms with Gasteiger partial charge < -0.3 is 28.8 Å². The van der Waals surface area contributed by atoms with E-state index >= 15 is 0 Å². The van der Waals surface area contributed by atoms with Gasteiger partial charge in [0.05, 0.1) is 33.0 Å². The molecule has 6 rings (SSSR count). The van der Waals surface area contributed by atoms with Crippen molar-refractivity contribution >= 4 is 0 Å². The Hall–Kier alpha value is -3.62. The summed E-state index contributed by atoms with van der Waals surface area (Å²) < 4.78 is 33.2. The van der Waals surface area contributed by atoms with E-state index in [1.165, 1.54) is 0 Å². The van der Waals surface area contributed by atoms with Crippen LogP contribution in [0.3, 0.4) is 0 Å². The number of aliphatic hydroxyl groups is 1. The van der Waals surface area contributed by atoms with Crippen molar-refractivity contribution in [3.05, 3.63) is 156 Å². The van der Waals surface area contributed by atoms with Crippen LogP contribution in [0.4, 0.5) is 0 Å². The molecule has 2 aliphatic rings. The molecule has 0 radical (unpaired) electrons. The molecule has 1 heterocycles. The predicted molar refractivity (Wildman–Crippen MR) is 169 cm³/mol. The average Bonchev–Trinajstić information content (AvgIpc) is 3.28. The zero-order valence-electron chi connectivity index (χ0n) is 24.8. The van der Waals surface area contributed by atoms with E-state index in [1.807, 2.05) is 133 Å². The minimum atomic E-state index is -1.43. The summed E-state index contributed by atoms with van der Waals surface area (Å²) in [5, 5.41) is 12.6. The van der Waals surface area contributed by atoms with Gasteiger partial charge in [0.15, 0.2) is 0 Å². The second-order valence-corrected chi connectivity index (χ2v) is 11.4. The first kappa shape index (κ1) is 30.4. The molecule has 6 unspecified atom stereocenters. The Balaban J connectivity index is 1.37. The quantitative estimate of drug-likeness (QED) is 0.192. The number of benzene rings is 4. The molecule has 0 amide bonds. The lowest BCUT2D eigenvalue weighted by Crippen LogP contribution is -2.72. The fourth-order valence-electron chi connectivity index (χ4n) is 6.09. The maximum Gasteiger partial charge on any atom is 0.125 e. The first-order valence-corrected chi connectivity index (χ1v) is 15.3. The highest BCUT2D eigenvalue weighted by Crippen LogP contribution is 2.42. The second kappa shape index (κ2) is 14.9. The van der Waals surface area contributed by atoms with Crippen LogP contribution >= 0.6 is 0 Å². The van der Waals surface area contributed by atoms with E-state index in [2.05, 4.69) is 0 Å². The van der Waals surface area contributed by atoms with Crippen molar-refractivity contribution in [1.29, 1.82) is 0 Å². The summed E-state index contributed by atoms with van der Waals surface area (Å²) in [6.45, 7) is 1.66. The van der Waals surface area contributed by atoms with Crippen molar-refractivity contribution in [2.75, 3.05) is 6.61 Å². The molecule has 0 spiro atoms. The third-order valence-corrected chi connectivity index (χ3v) is 8.34. The van der Waals surface area contributed by atoms with Crippen molar-refractivity contribution in [3.63, 3.8) is 0 Å². The zero-order valence-corrected chi connectivity index (χ0v) is 24.8. The summed E-state index contributed by atoms with van der Waals surface area (Å²) in [6.07, 6.45) is 0.841. The maximum absolute atomic E-state index is 12.6. The van der Waals surface area contributed by atoms with Crippen LogP contribution in [0.15, 0.2) is 133 Å². The van der Waals surface area contributed by atoms with Gasteiger partial charge in [0.2, 0.25) is 0 Å². The van der Waals surface area contributed by atoms with Gasteiger partial charge in [-0.25, -0.2) is 0 Å². The highest BCUT2D eigenvalue weighted by Gasteiger charge is 2.62. The van der Waals surface area contributed by atoms with Crippen molar-refractivity contribution in [3.8, 4) is 0 Å². The minimum absolute atomic E-state index is 0.302. The highest BCUT2D eigenvalue weighted by atomic mass is 16.6. The van der Waals surface area contributed by atoms with Crippen LogP contribution in [0.1, 0.15) is 28.7 Å². The minimum Gasteiger partial charge on any atom is -0.384 e. The standard InChI is InChI=1S/C38H40O6/c39-38-23-13-14-24-40-36(38)34(42-26-30-17-7-2-8-18-30)33(41-25-29-15-5-1-6-16-29)35(43-27-31-19-9-3-10-20-31)37(38)44-28-32-21-11-4-12-22-32/h1-22,33-37,39H,23-28H2. The van der Waals surface area contributed by atoms with E-state index in [9.17, 15) is 5.11 Å². The Kier molecular flexibility index (Phi) is 10.3. The van der Waals surface area contributed by atoms with Crippen molar-refractivity contribution in [2.45, 2.75) is 69.0 Å². The predicted octanol–water partition coefficient (Wildman–Crippen LogP) is 6.42. The SMILES string of the molecule is OC12CC=CCOC1C(OCc1ccccc1)C(OCc1ccccc1)C(OCc1ccccc1)C2OCc1ccccc1. The summed E-state index contributed by atoms with van der Waals surface area (Å²) >= 11 is 0. The number of fused-ring (bicyclic) bond motifs is 1. The van der Waals surface area contributed by atoms with Gasteiger partial charge in [-0.05, 0) is 28.7 Å². The lowest BCUT2D eigenvalue weighted by atomic mass is 9.72. The molecule has 44 heavy (non-hydrogen) atoms. The van der Waals surface area contributed by atoms with Gasteiger partial charge in [0.1, 0.15) is 36.1 Å². The molecule has 0 aromatic heterocycles. The largest absolute Gasteiger partial charge is 0.384 e. The normalized spacial score (nSPS) is 26.5. The van der Waals surface area contributed by atoms with Gasteiger partial charge >= 0.3 is 0 Å². The van der Waals surface area contributed by atoms with Crippen molar-refractivity contribution in [1.82, 2.24) is 0 Å². The van der Waals surface area contributed by atoms with Gasteiger partial charge in [-0.15, -0.1) is 0 Å². The van der Waals surface area contributed by atoms with Crippen LogP contribution in [-0.4, -0.2) is 47.8 Å². The summed E-state index contributed by atoms with van der Waals surface area (Å²) in [5.41, 5.74) is 2.64. The van der Waals surface area contributed by atoms with Crippen LogP contribution in [0.25, 0.3) is 0 Å². The van der Waals surface area contributed by atoms with Crippen molar-refractivity contribution in [2.24, 2.45) is 0 Å². The topological polar surface area (TPSA) is 66.4 Å². The van der Waals surface area contributed by atoms with Gasteiger partial charge in [-0.3, -0.25) is 0 Å². The Morgan fingerprint density at radius 2 is 0.932 bits per heavy atom. The molecule has 6 heteroatoms. The summed E-state index contributed by atoms with van der Waals surface area (Å²) in [5.74, 6) is 0. The van der Waals surface area contributed by atoms with E-state index < -0.39 is 36.1 Å². The fourth-order valence-corrected chi connectivity index (χ4v) is 6.09. The first-order chi connectivity index (χ1) is 21.7. The molecule has 0 bridgehead atoms. The number of hydrogen-bond donors (Lipinski definition) is 1. The molecule has 6 nitrogen and oxygen atoms in total. The Morgan fingerprint density at radius 1 is 0.523 bits per heavy atom. The van der Waals surface area contributed by atoms with Crippen molar-refractivity contribution < 1.29 is 28.8 Å². The Bertz CT molecular complexity index is 1430.